The summed E-state index contributed by atoms with van der Waals surface area (Å²) < 4.78 is 16.9. The molecule has 0 aliphatic heterocycles. The van der Waals surface area contributed by atoms with Crippen molar-refractivity contribution in [2.24, 2.45) is 0 Å². The van der Waals surface area contributed by atoms with E-state index >= 15 is 0 Å². The lowest BCUT2D eigenvalue weighted by atomic mass is 10.2. The van der Waals surface area contributed by atoms with Crippen LogP contribution in [0.25, 0.3) is 0 Å². The van der Waals surface area contributed by atoms with E-state index in [4.69, 9.17) is 14.2 Å². The highest BCUT2D eigenvalue weighted by Crippen LogP contribution is 2.28. The number of anilines is 1. The van der Waals surface area contributed by atoms with Crippen molar-refractivity contribution >= 4 is 5.69 Å². The maximum absolute atomic E-state index is 5.79. The summed E-state index contributed by atoms with van der Waals surface area (Å²) in [6.45, 7) is 1.57. The molecule has 140 valence electrons. The lowest BCUT2D eigenvalue weighted by Gasteiger charge is -2.13. The summed E-state index contributed by atoms with van der Waals surface area (Å²) in [5, 5.41) is 0. The van der Waals surface area contributed by atoms with Gasteiger partial charge in [0.25, 0.3) is 0 Å². The van der Waals surface area contributed by atoms with Gasteiger partial charge in [-0.3, -0.25) is 0 Å². The van der Waals surface area contributed by atoms with Crippen molar-refractivity contribution in [1.29, 1.82) is 0 Å². The minimum atomic E-state index is 0.443. The number of methoxy groups -OCH3 is 1. The molecule has 0 radical (unpaired) electrons. The van der Waals surface area contributed by atoms with Gasteiger partial charge >= 0.3 is 0 Å². The molecule has 2 N–H and O–H groups in total. The fraction of sp³-hybridized carbons (Fsp3) is 0.182. The van der Waals surface area contributed by atoms with Gasteiger partial charge < -0.3 is 19.6 Å². The summed E-state index contributed by atoms with van der Waals surface area (Å²) in [5.41, 5.74) is 8.46. The lowest BCUT2D eigenvalue weighted by molar-refractivity contribution is 0.211. The molecule has 0 aliphatic carbocycles. The van der Waals surface area contributed by atoms with Crippen molar-refractivity contribution in [2.45, 2.75) is 6.54 Å². The average Bonchev–Trinajstić information content (AvgIpc) is 2.73. The Balaban J connectivity index is 1.46. The van der Waals surface area contributed by atoms with Gasteiger partial charge in [0, 0.05) is 12.2 Å². The van der Waals surface area contributed by atoms with Crippen LogP contribution in [0.15, 0.2) is 78.9 Å². The van der Waals surface area contributed by atoms with Gasteiger partial charge in [-0.25, -0.2) is 5.43 Å². The molecule has 0 spiro atoms. The molecule has 3 rings (SSSR count). The van der Waals surface area contributed by atoms with E-state index in [1.54, 1.807) is 7.11 Å². The van der Waals surface area contributed by atoms with E-state index in [2.05, 4.69) is 10.9 Å². The number of hydrazine groups is 1. The van der Waals surface area contributed by atoms with Crippen LogP contribution in [0.4, 0.5) is 5.69 Å². The summed E-state index contributed by atoms with van der Waals surface area (Å²) in [5.74, 6) is 2.24. The second-order valence-electron chi connectivity index (χ2n) is 5.84. The number of hydrogen-bond donors (Lipinski definition) is 2. The van der Waals surface area contributed by atoms with Gasteiger partial charge in [-0.1, -0.05) is 42.5 Å². The first kappa shape index (κ1) is 18.6. The molecule has 0 amide bonds. The standard InChI is InChI=1S/C22H24N2O3/c1-25-22-16-18(17-23-24-19-8-4-2-5-9-19)12-13-21(22)27-15-14-26-20-10-6-3-7-11-20/h2-13,16,23-24H,14-15,17H2,1H3. The van der Waals surface area contributed by atoms with Gasteiger partial charge in [0.15, 0.2) is 11.5 Å². The maximum Gasteiger partial charge on any atom is 0.161 e. The third-order valence-electron chi connectivity index (χ3n) is 3.88. The molecule has 0 saturated carbocycles. The van der Waals surface area contributed by atoms with Crippen molar-refractivity contribution in [3.63, 3.8) is 0 Å². The van der Waals surface area contributed by atoms with E-state index < -0.39 is 0 Å². The van der Waals surface area contributed by atoms with Crippen molar-refractivity contribution in [3.05, 3.63) is 84.4 Å². The molecule has 3 aromatic rings. The normalized spacial score (nSPS) is 10.3. The molecule has 0 atom stereocenters. The Morgan fingerprint density at radius 1 is 0.741 bits per heavy atom. The number of para-hydroxylation sites is 2. The van der Waals surface area contributed by atoms with E-state index in [0.29, 0.717) is 31.3 Å². The molecular formula is C22H24N2O3. The van der Waals surface area contributed by atoms with Crippen molar-refractivity contribution in [2.75, 3.05) is 25.7 Å². The fourth-order valence-electron chi connectivity index (χ4n) is 2.54. The molecule has 0 aliphatic rings. The van der Waals surface area contributed by atoms with E-state index in [9.17, 15) is 0 Å². The molecule has 0 bridgehead atoms. The quantitative estimate of drug-likeness (QED) is 0.416. The Kier molecular flexibility index (Phi) is 6.95. The molecule has 0 heterocycles. The molecule has 0 unspecified atom stereocenters. The Morgan fingerprint density at radius 2 is 1.44 bits per heavy atom. The predicted octanol–water partition coefficient (Wildman–Crippen LogP) is 4.27. The Hall–Kier alpha value is -3.18. The molecule has 27 heavy (non-hydrogen) atoms. The molecule has 5 heteroatoms. The molecule has 0 saturated heterocycles. The first-order chi connectivity index (χ1) is 13.3. The van der Waals surface area contributed by atoms with Gasteiger partial charge in [0.1, 0.15) is 19.0 Å². The van der Waals surface area contributed by atoms with Gasteiger partial charge in [-0.2, -0.15) is 0 Å². The van der Waals surface area contributed by atoms with E-state index in [-0.39, 0.29) is 0 Å². The number of nitrogens with one attached hydrogen (secondary N) is 2. The molecule has 0 fully saturated rings. The minimum Gasteiger partial charge on any atom is -0.493 e. The van der Waals surface area contributed by atoms with Crippen LogP contribution < -0.4 is 25.1 Å². The van der Waals surface area contributed by atoms with Crippen molar-refractivity contribution < 1.29 is 14.2 Å². The number of hydrogen-bond acceptors (Lipinski definition) is 5. The van der Waals surface area contributed by atoms with Crippen molar-refractivity contribution in [1.82, 2.24) is 5.43 Å². The summed E-state index contributed by atoms with van der Waals surface area (Å²) in [6.07, 6.45) is 0. The van der Waals surface area contributed by atoms with Crippen LogP contribution in [0, 0.1) is 0 Å². The topological polar surface area (TPSA) is 51.8 Å². The largest absolute Gasteiger partial charge is 0.493 e. The Labute approximate surface area is 159 Å². The van der Waals surface area contributed by atoms with Crippen LogP contribution in [-0.4, -0.2) is 20.3 Å². The predicted molar refractivity (Wildman–Crippen MR) is 107 cm³/mol. The number of rotatable bonds is 10. The van der Waals surface area contributed by atoms with E-state index in [1.165, 1.54) is 0 Å². The fourth-order valence-corrected chi connectivity index (χ4v) is 2.54. The highest BCUT2D eigenvalue weighted by Gasteiger charge is 2.06. The average molecular weight is 364 g/mol. The minimum absolute atomic E-state index is 0.443. The van der Waals surface area contributed by atoms with Crippen LogP contribution in [0.3, 0.4) is 0 Å². The first-order valence-corrected chi connectivity index (χ1v) is 8.86. The van der Waals surface area contributed by atoms with Crippen LogP contribution in [0.5, 0.6) is 17.2 Å². The zero-order valence-electron chi connectivity index (χ0n) is 15.4. The molecule has 0 aromatic heterocycles. The van der Waals surface area contributed by atoms with Crippen LogP contribution in [0.2, 0.25) is 0 Å². The SMILES string of the molecule is COc1cc(CNNc2ccccc2)ccc1OCCOc1ccccc1. The zero-order chi connectivity index (χ0) is 18.7. The first-order valence-electron chi connectivity index (χ1n) is 8.86. The van der Waals surface area contributed by atoms with Gasteiger partial charge in [-0.05, 0) is 42.0 Å². The van der Waals surface area contributed by atoms with Crippen LogP contribution >= 0.6 is 0 Å². The maximum atomic E-state index is 5.79. The number of ether oxygens (including phenoxy) is 3. The summed E-state index contributed by atoms with van der Waals surface area (Å²) >= 11 is 0. The molecular weight excluding hydrogens is 340 g/mol. The monoisotopic (exact) mass is 364 g/mol. The highest BCUT2D eigenvalue weighted by atomic mass is 16.5. The molecule has 5 nitrogen and oxygen atoms in total. The highest BCUT2D eigenvalue weighted by molar-refractivity contribution is 5.44. The number of benzene rings is 3. The second-order valence-corrected chi connectivity index (χ2v) is 5.84. The zero-order valence-corrected chi connectivity index (χ0v) is 15.4. The third-order valence-corrected chi connectivity index (χ3v) is 3.88. The Morgan fingerprint density at radius 3 is 2.19 bits per heavy atom. The lowest BCUT2D eigenvalue weighted by Crippen LogP contribution is -2.20. The van der Waals surface area contributed by atoms with Gasteiger partial charge in [-0.15, -0.1) is 0 Å². The summed E-state index contributed by atoms with van der Waals surface area (Å²) in [4.78, 5) is 0. The van der Waals surface area contributed by atoms with Gasteiger partial charge in [0.05, 0.1) is 7.11 Å². The molecule has 3 aromatic carbocycles. The van der Waals surface area contributed by atoms with Crippen LogP contribution in [0.1, 0.15) is 5.56 Å². The van der Waals surface area contributed by atoms with E-state index in [0.717, 1.165) is 17.0 Å². The van der Waals surface area contributed by atoms with Crippen molar-refractivity contribution in [3.8, 4) is 17.2 Å². The second kappa shape index (κ2) is 10.1. The third kappa shape index (κ3) is 5.94. The Bertz CT molecular complexity index is 810. The summed E-state index contributed by atoms with van der Waals surface area (Å²) in [7, 11) is 1.64. The smallest absolute Gasteiger partial charge is 0.161 e. The van der Waals surface area contributed by atoms with Gasteiger partial charge in [0.2, 0.25) is 0 Å². The van der Waals surface area contributed by atoms with Crippen LogP contribution in [-0.2, 0) is 6.54 Å². The summed E-state index contributed by atoms with van der Waals surface area (Å²) in [6, 6.07) is 25.5. The van der Waals surface area contributed by atoms with E-state index in [1.807, 2.05) is 78.9 Å².